The Morgan fingerprint density at radius 1 is 1.42 bits per heavy atom. The van der Waals surface area contributed by atoms with Crippen molar-refractivity contribution < 1.29 is 14.5 Å². The molecule has 2 amide bonds. The molecule has 1 atom stereocenters. The second-order valence-electron chi connectivity index (χ2n) is 6.28. The van der Waals surface area contributed by atoms with Crippen LogP contribution in [-0.2, 0) is 9.59 Å². The topological polar surface area (TPSA) is 129 Å². The predicted molar refractivity (Wildman–Crippen MR) is 93.8 cm³/mol. The maximum Gasteiger partial charge on any atom is 0.271 e. The summed E-state index contributed by atoms with van der Waals surface area (Å²) in [5.74, 6) is 0.0336. The van der Waals surface area contributed by atoms with Crippen molar-refractivity contribution in [2.24, 2.45) is 4.99 Å². The van der Waals surface area contributed by atoms with Gasteiger partial charge in [-0.2, -0.15) is 4.99 Å². The van der Waals surface area contributed by atoms with Crippen LogP contribution < -0.4 is 16.1 Å². The minimum absolute atomic E-state index is 0.0676. The summed E-state index contributed by atoms with van der Waals surface area (Å²) >= 11 is 0. The highest BCUT2D eigenvalue weighted by atomic mass is 16.6. The van der Waals surface area contributed by atoms with Crippen LogP contribution in [0.1, 0.15) is 25.8 Å². The number of hydrazine groups is 1. The summed E-state index contributed by atoms with van der Waals surface area (Å²) in [5.41, 5.74) is 4.78. The summed E-state index contributed by atoms with van der Waals surface area (Å²) in [5, 5.41) is 17.7. The number of carbonyl (C=O) groups excluding carboxylic acids is 2. The van der Waals surface area contributed by atoms with Gasteiger partial charge in [0.05, 0.1) is 17.0 Å². The van der Waals surface area contributed by atoms with Crippen LogP contribution in [0.3, 0.4) is 0 Å². The number of non-ortho nitro benzene ring substituents is 1. The van der Waals surface area contributed by atoms with Crippen molar-refractivity contribution in [3.63, 3.8) is 0 Å². The van der Waals surface area contributed by atoms with E-state index in [2.05, 4.69) is 21.1 Å². The molecule has 1 saturated heterocycles. The number of nitro groups is 1. The Kier molecular flexibility index (Phi) is 4.33. The van der Waals surface area contributed by atoms with E-state index in [-0.39, 0.29) is 24.0 Å². The molecular weight excluding hydrogens is 340 g/mol. The van der Waals surface area contributed by atoms with Crippen LogP contribution in [0.2, 0.25) is 0 Å². The molecule has 0 spiro atoms. The number of aryl methyl sites for hydroxylation is 1. The molecule has 136 valence electrons. The lowest BCUT2D eigenvalue weighted by Gasteiger charge is -2.32. The minimum Gasteiger partial charge on any atom is -0.324 e. The van der Waals surface area contributed by atoms with Crippen LogP contribution >= 0.6 is 0 Å². The van der Waals surface area contributed by atoms with Gasteiger partial charge in [-0.15, -0.1) is 0 Å². The number of guanidine groups is 1. The number of fused-ring (bicyclic) bond motifs is 1. The molecular formula is C16H18N6O4. The zero-order chi connectivity index (χ0) is 19.0. The van der Waals surface area contributed by atoms with Crippen LogP contribution in [0.5, 0.6) is 0 Å². The molecule has 2 aliphatic heterocycles. The molecule has 1 aromatic rings. The number of hydrogen-bond acceptors (Lipinski definition) is 7. The molecule has 26 heavy (non-hydrogen) atoms. The fraction of sp³-hybridized carbons (Fsp3) is 0.312. The molecule has 3 rings (SSSR count). The number of hydrogen-bond donors (Lipinski definition) is 3. The largest absolute Gasteiger partial charge is 0.324 e. The van der Waals surface area contributed by atoms with Crippen molar-refractivity contribution in [2.45, 2.75) is 33.2 Å². The number of nitro benzene ring substituents is 1. The first-order chi connectivity index (χ1) is 12.3. The summed E-state index contributed by atoms with van der Waals surface area (Å²) < 4.78 is 0. The highest BCUT2D eigenvalue weighted by Crippen LogP contribution is 2.24. The first kappa shape index (κ1) is 17.4. The van der Waals surface area contributed by atoms with Gasteiger partial charge in [0.2, 0.25) is 17.8 Å². The van der Waals surface area contributed by atoms with E-state index in [0.717, 1.165) is 5.57 Å². The second kappa shape index (κ2) is 6.47. The van der Waals surface area contributed by atoms with Gasteiger partial charge in [-0.05, 0) is 31.9 Å². The number of carbonyl (C=O) groups is 2. The quantitative estimate of drug-likeness (QED) is 0.549. The average molecular weight is 358 g/mol. The van der Waals surface area contributed by atoms with Gasteiger partial charge in [0, 0.05) is 12.1 Å². The molecule has 0 aromatic heterocycles. The van der Waals surface area contributed by atoms with Gasteiger partial charge in [-0.25, -0.2) is 5.01 Å². The zero-order valence-electron chi connectivity index (χ0n) is 14.5. The van der Waals surface area contributed by atoms with Crippen LogP contribution in [0, 0.1) is 17.0 Å². The molecule has 1 aromatic carbocycles. The maximum absolute atomic E-state index is 12.8. The van der Waals surface area contributed by atoms with Gasteiger partial charge in [-0.1, -0.05) is 6.07 Å². The number of benzene rings is 1. The van der Waals surface area contributed by atoms with Crippen LogP contribution in [-0.4, -0.2) is 33.7 Å². The average Bonchev–Trinajstić information content (AvgIpc) is 2.99. The van der Waals surface area contributed by atoms with Gasteiger partial charge < -0.3 is 5.32 Å². The van der Waals surface area contributed by atoms with Crippen molar-refractivity contribution in [3.05, 3.63) is 45.3 Å². The first-order valence-electron chi connectivity index (χ1n) is 7.94. The molecule has 2 heterocycles. The standard InChI is InChI=1S/C16H18N6O4/c1-8(2)14-19-16-18-13(23)7-12(21(16)20-14)15(24)17-11-6-10(22(25)26)5-4-9(11)3/h4-6,12,20H,7H2,1-3H3,(H,17,24)(H,18,19,23)/t12-/m0/s1. The van der Waals surface area contributed by atoms with Crippen molar-refractivity contribution in [1.29, 1.82) is 0 Å². The summed E-state index contributed by atoms with van der Waals surface area (Å²) in [4.78, 5) is 39.4. The van der Waals surface area contributed by atoms with Gasteiger partial charge in [0.25, 0.3) is 5.69 Å². The number of nitrogens with zero attached hydrogens (tertiary/aromatic N) is 3. The molecule has 0 aliphatic carbocycles. The number of rotatable bonds is 3. The first-order valence-corrected chi connectivity index (χ1v) is 7.94. The molecule has 0 radical (unpaired) electrons. The number of anilines is 1. The third kappa shape index (κ3) is 3.21. The van der Waals surface area contributed by atoms with Crippen LogP contribution in [0.15, 0.2) is 34.6 Å². The SMILES string of the molecule is CC(C)=C1N=C2NC(=O)C[C@@H](C(=O)Nc3cc([N+](=O)[O-])ccc3C)N2N1. The second-order valence-corrected chi connectivity index (χ2v) is 6.28. The molecule has 10 heteroatoms. The molecule has 10 nitrogen and oxygen atoms in total. The van der Waals surface area contributed by atoms with E-state index in [0.29, 0.717) is 17.1 Å². The Bertz CT molecular complexity index is 871. The van der Waals surface area contributed by atoms with E-state index in [1.807, 2.05) is 13.8 Å². The number of allylic oxidation sites excluding steroid dienone is 1. The van der Waals surface area contributed by atoms with Crippen molar-refractivity contribution in [1.82, 2.24) is 15.8 Å². The summed E-state index contributed by atoms with van der Waals surface area (Å²) in [6.07, 6.45) is -0.0676. The normalized spacial score (nSPS) is 18.5. The Morgan fingerprint density at radius 3 is 2.81 bits per heavy atom. The third-order valence-corrected chi connectivity index (χ3v) is 4.08. The Balaban J connectivity index is 1.85. The Hall–Kier alpha value is -3.43. The maximum atomic E-state index is 12.8. The van der Waals surface area contributed by atoms with Gasteiger partial charge in [-0.3, -0.25) is 30.4 Å². The highest BCUT2D eigenvalue weighted by Gasteiger charge is 2.39. The predicted octanol–water partition coefficient (Wildman–Crippen LogP) is 1.16. The van der Waals surface area contributed by atoms with Gasteiger partial charge >= 0.3 is 0 Å². The van der Waals surface area contributed by atoms with Gasteiger partial charge in [0.15, 0.2) is 0 Å². The Labute approximate surface area is 149 Å². The number of nitrogens with one attached hydrogen (secondary N) is 3. The highest BCUT2D eigenvalue weighted by molar-refractivity contribution is 6.08. The monoisotopic (exact) mass is 358 g/mol. The van der Waals surface area contributed by atoms with E-state index < -0.39 is 16.9 Å². The van der Waals surface area contributed by atoms with Crippen molar-refractivity contribution in [2.75, 3.05) is 5.32 Å². The molecule has 2 aliphatic rings. The molecule has 1 fully saturated rings. The number of aliphatic imine (C=N–C) groups is 1. The lowest BCUT2D eigenvalue weighted by molar-refractivity contribution is -0.384. The Morgan fingerprint density at radius 2 is 2.15 bits per heavy atom. The molecule has 0 bridgehead atoms. The number of amides is 2. The van der Waals surface area contributed by atoms with E-state index in [1.54, 1.807) is 13.0 Å². The molecule has 0 unspecified atom stereocenters. The van der Waals surface area contributed by atoms with Crippen LogP contribution in [0.25, 0.3) is 0 Å². The van der Waals surface area contributed by atoms with Crippen molar-refractivity contribution in [3.8, 4) is 0 Å². The zero-order valence-corrected chi connectivity index (χ0v) is 14.5. The summed E-state index contributed by atoms with van der Waals surface area (Å²) in [6, 6.07) is 3.39. The minimum atomic E-state index is -0.835. The smallest absolute Gasteiger partial charge is 0.271 e. The molecule has 0 saturated carbocycles. The fourth-order valence-electron chi connectivity index (χ4n) is 2.62. The van der Waals surface area contributed by atoms with E-state index in [4.69, 9.17) is 0 Å². The summed E-state index contributed by atoms with van der Waals surface area (Å²) in [6.45, 7) is 5.44. The lowest BCUT2D eigenvalue weighted by atomic mass is 10.1. The van der Waals surface area contributed by atoms with Crippen molar-refractivity contribution >= 4 is 29.1 Å². The van der Waals surface area contributed by atoms with Gasteiger partial charge in [0.1, 0.15) is 11.9 Å². The summed E-state index contributed by atoms with van der Waals surface area (Å²) in [7, 11) is 0. The van der Waals surface area contributed by atoms with Crippen LogP contribution in [0.4, 0.5) is 11.4 Å². The fourth-order valence-corrected chi connectivity index (χ4v) is 2.62. The molecule has 3 N–H and O–H groups in total. The van der Waals surface area contributed by atoms with E-state index >= 15 is 0 Å². The van der Waals surface area contributed by atoms with E-state index in [1.165, 1.54) is 17.1 Å². The lowest BCUT2D eigenvalue weighted by Crippen LogP contribution is -2.61. The van der Waals surface area contributed by atoms with E-state index in [9.17, 15) is 19.7 Å². The third-order valence-electron chi connectivity index (χ3n) is 4.08.